The normalized spacial score (nSPS) is 10.8. The molecule has 0 unspecified atom stereocenters. The molecule has 0 saturated heterocycles. The molecule has 0 aliphatic heterocycles. The number of nitrogens with two attached hydrogens (primary N) is 1. The maximum Gasteiger partial charge on any atom is 0.148 e. The van der Waals surface area contributed by atoms with E-state index in [1.54, 1.807) is 22.9 Å². The Kier molecular flexibility index (Phi) is 3.49. The fourth-order valence-electron chi connectivity index (χ4n) is 1.80. The van der Waals surface area contributed by atoms with Gasteiger partial charge in [-0.05, 0) is 18.6 Å². The van der Waals surface area contributed by atoms with Gasteiger partial charge in [-0.3, -0.25) is 0 Å². The largest absolute Gasteiger partial charge is 0.325 e. The van der Waals surface area contributed by atoms with Crippen LogP contribution in [-0.4, -0.2) is 15.0 Å². The van der Waals surface area contributed by atoms with Crippen LogP contribution in [0.25, 0.3) is 5.69 Å². The minimum atomic E-state index is -0.307. The van der Waals surface area contributed by atoms with Crippen LogP contribution in [0.4, 0.5) is 4.39 Å². The highest BCUT2D eigenvalue weighted by atomic mass is 19.1. The topological polar surface area (TPSA) is 56.7 Å². The molecule has 0 aliphatic rings. The van der Waals surface area contributed by atoms with Gasteiger partial charge in [-0.2, -0.15) is 0 Å². The van der Waals surface area contributed by atoms with Crippen molar-refractivity contribution in [2.75, 3.05) is 0 Å². The van der Waals surface area contributed by atoms with E-state index in [-0.39, 0.29) is 5.82 Å². The van der Waals surface area contributed by atoms with Crippen molar-refractivity contribution < 1.29 is 4.39 Å². The molecule has 2 rings (SSSR count). The van der Waals surface area contributed by atoms with E-state index >= 15 is 0 Å². The van der Waals surface area contributed by atoms with E-state index in [0.29, 0.717) is 12.2 Å². The molecular formula is C12H15FN4. The monoisotopic (exact) mass is 234 g/mol. The van der Waals surface area contributed by atoms with Crippen molar-refractivity contribution in [1.82, 2.24) is 15.0 Å². The van der Waals surface area contributed by atoms with E-state index in [2.05, 4.69) is 17.2 Å². The van der Waals surface area contributed by atoms with Crippen molar-refractivity contribution in [1.29, 1.82) is 0 Å². The summed E-state index contributed by atoms with van der Waals surface area (Å²) >= 11 is 0. The number of hydrogen-bond donors (Lipinski definition) is 1. The van der Waals surface area contributed by atoms with E-state index in [1.165, 1.54) is 6.07 Å². The fraction of sp³-hybridized carbons (Fsp3) is 0.333. The van der Waals surface area contributed by atoms with E-state index in [0.717, 1.165) is 24.2 Å². The minimum absolute atomic E-state index is 0.307. The molecule has 1 aromatic heterocycles. The van der Waals surface area contributed by atoms with Crippen molar-refractivity contribution in [3.05, 3.63) is 41.5 Å². The average molecular weight is 234 g/mol. The van der Waals surface area contributed by atoms with Crippen LogP contribution in [0.1, 0.15) is 24.7 Å². The van der Waals surface area contributed by atoms with Crippen LogP contribution < -0.4 is 5.73 Å². The lowest BCUT2D eigenvalue weighted by atomic mass is 10.2. The van der Waals surface area contributed by atoms with Crippen LogP contribution in [0.5, 0.6) is 0 Å². The van der Waals surface area contributed by atoms with Gasteiger partial charge in [0, 0.05) is 6.54 Å². The molecule has 90 valence electrons. The molecule has 1 heterocycles. The van der Waals surface area contributed by atoms with E-state index in [1.807, 2.05) is 0 Å². The molecule has 2 aromatic rings. The SMILES string of the molecule is CCCc1c(CN)nnn1-c1ccccc1F. The zero-order chi connectivity index (χ0) is 12.3. The summed E-state index contributed by atoms with van der Waals surface area (Å²) in [5.41, 5.74) is 7.64. The molecule has 0 bridgehead atoms. The molecule has 0 fully saturated rings. The predicted molar refractivity (Wildman–Crippen MR) is 63.2 cm³/mol. The van der Waals surface area contributed by atoms with Crippen molar-refractivity contribution >= 4 is 0 Å². The molecule has 0 atom stereocenters. The van der Waals surface area contributed by atoms with E-state index < -0.39 is 0 Å². The standard InChI is InChI=1S/C12H15FN4/c1-2-5-12-10(8-14)15-16-17(12)11-7-4-3-6-9(11)13/h3-4,6-7H,2,5,8,14H2,1H3. The van der Waals surface area contributed by atoms with Gasteiger partial charge in [-0.15, -0.1) is 5.10 Å². The maximum atomic E-state index is 13.7. The summed E-state index contributed by atoms with van der Waals surface area (Å²) < 4.78 is 15.2. The maximum absolute atomic E-state index is 13.7. The Morgan fingerprint density at radius 3 is 2.76 bits per heavy atom. The summed E-state index contributed by atoms with van der Waals surface area (Å²) in [4.78, 5) is 0. The van der Waals surface area contributed by atoms with Gasteiger partial charge in [0.1, 0.15) is 11.5 Å². The first-order chi connectivity index (χ1) is 8.27. The summed E-state index contributed by atoms with van der Waals surface area (Å²) in [5, 5.41) is 7.98. The highest BCUT2D eigenvalue weighted by molar-refractivity contribution is 5.35. The number of halogens is 1. The van der Waals surface area contributed by atoms with Crippen LogP contribution in [0.2, 0.25) is 0 Å². The molecule has 0 amide bonds. The first kappa shape index (κ1) is 11.7. The molecule has 1 aromatic carbocycles. The van der Waals surface area contributed by atoms with Gasteiger partial charge in [0.25, 0.3) is 0 Å². The fourth-order valence-corrected chi connectivity index (χ4v) is 1.80. The first-order valence-corrected chi connectivity index (χ1v) is 5.66. The second-order valence-corrected chi connectivity index (χ2v) is 3.80. The van der Waals surface area contributed by atoms with Crippen molar-refractivity contribution in [3.8, 4) is 5.69 Å². The number of para-hydroxylation sites is 1. The predicted octanol–water partition coefficient (Wildman–Crippen LogP) is 1.82. The Balaban J connectivity index is 2.52. The lowest BCUT2D eigenvalue weighted by Crippen LogP contribution is -2.07. The number of benzene rings is 1. The number of rotatable bonds is 4. The number of nitrogens with zero attached hydrogens (tertiary/aromatic N) is 3. The Labute approximate surface area is 99.2 Å². The smallest absolute Gasteiger partial charge is 0.148 e. The van der Waals surface area contributed by atoms with Crippen LogP contribution >= 0.6 is 0 Å². The second kappa shape index (κ2) is 5.05. The Bertz CT molecular complexity index is 507. The Morgan fingerprint density at radius 1 is 1.35 bits per heavy atom. The third kappa shape index (κ3) is 2.19. The van der Waals surface area contributed by atoms with Crippen molar-refractivity contribution in [3.63, 3.8) is 0 Å². The highest BCUT2D eigenvalue weighted by Gasteiger charge is 2.14. The lowest BCUT2D eigenvalue weighted by Gasteiger charge is -2.07. The molecule has 17 heavy (non-hydrogen) atoms. The van der Waals surface area contributed by atoms with Crippen LogP contribution in [0, 0.1) is 5.82 Å². The van der Waals surface area contributed by atoms with Crippen molar-refractivity contribution in [2.45, 2.75) is 26.3 Å². The molecule has 0 saturated carbocycles. The van der Waals surface area contributed by atoms with Crippen LogP contribution in [0.15, 0.2) is 24.3 Å². The third-order valence-corrected chi connectivity index (χ3v) is 2.60. The van der Waals surface area contributed by atoms with Crippen LogP contribution in [-0.2, 0) is 13.0 Å². The summed E-state index contributed by atoms with van der Waals surface area (Å²) in [6, 6.07) is 6.52. The molecule has 2 N–H and O–H groups in total. The molecular weight excluding hydrogens is 219 g/mol. The first-order valence-electron chi connectivity index (χ1n) is 5.66. The van der Waals surface area contributed by atoms with Crippen molar-refractivity contribution in [2.24, 2.45) is 5.73 Å². The molecule has 0 spiro atoms. The zero-order valence-electron chi connectivity index (χ0n) is 9.73. The van der Waals surface area contributed by atoms with Gasteiger partial charge >= 0.3 is 0 Å². The number of aromatic nitrogens is 3. The molecule has 5 heteroatoms. The number of hydrogen-bond acceptors (Lipinski definition) is 3. The summed E-state index contributed by atoms with van der Waals surface area (Å²) in [5.74, 6) is -0.307. The summed E-state index contributed by atoms with van der Waals surface area (Å²) in [7, 11) is 0. The quantitative estimate of drug-likeness (QED) is 0.877. The van der Waals surface area contributed by atoms with E-state index in [4.69, 9.17) is 5.73 Å². The summed E-state index contributed by atoms with van der Waals surface area (Å²) in [6.45, 7) is 2.38. The molecule has 4 nitrogen and oxygen atoms in total. The average Bonchev–Trinajstić information content (AvgIpc) is 2.73. The Morgan fingerprint density at radius 2 is 2.12 bits per heavy atom. The second-order valence-electron chi connectivity index (χ2n) is 3.80. The van der Waals surface area contributed by atoms with Gasteiger partial charge < -0.3 is 5.73 Å². The zero-order valence-corrected chi connectivity index (χ0v) is 9.73. The summed E-state index contributed by atoms with van der Waals surface area (Å²) in [6.07, 6.45) is 1.72. The lowest BCUT2D eigenvalue weighted by molar-refractivity contribution is 0.601. The van der Waals surface area contributed by atoms with E-state index in [9.17, 15) is 4.39 Å². The molecule has 0 aliphatic carbocycles. The molecule has 0 radical (unpaired) electrons. The van der Waals surface area contributed by atoms with Gasteiger partial charge in [-0.1, -0.05) is 30.7 Å². The third-order valence-electron chi connectivity index (χ3n) is 2.60. The van der Waals surface area contributed by atoms with Crippen LogP contribution in [0.3, 0.4) is 0 Å². The van der Waals surface area contributed by atoms with Gasteiger partial charge in [0.2, 0.25) is 0 Å². The van der Waals surface area contributed by atoms with Gasteiger partial charge in [0.15, 0.2) is 0 Å². The van der Waals surface area contributed by atoms with Gasteiger partial charge in [0.05, 0.1) is 11.4 Å². The Hall–Kier alpha value is -1.75. The van der Waals surface area contributed by atoms with Gasteiger partial charge in [-0.25, -0.2) is 9.07 Å². The minimum Gasteiger partial charge on any atom is -0.325 e. The highest BCUT2D eigenvalue weighted by Crippen LogP contribution is 2.17.